The van der Waals surface area contributed by atoms with E-state index in [1.54, 1.807) is 30.6 Å². The van der Waals surface area contributed by atoms with Gasteiger partial charge in [-0.15, -0.1) is 0 Å². The van der Waals surface area contributed by atoms with Crippen LogP contribution in [0.25, 0.3) is 0 Å². The Morgan fingerprint density at radius 2 is 1.75 bits per heavy atom. The number of aromatic amines is 1. The van der Waals surface area contributed by atoms with Gasteiger partial charge in [0.2, 0.25) is 0 Å². The zero-order valence-corrected chi connectivity index (χ0v) is 13.4. The molecule has 2 aromatic rings. The number of carbonyl (C=O) groups is 3. The summed E-state index contributed by atoms with van der Waals surface area (Å²) in [5.41, 5.74) is 1.33. The molecule has 3 N–H and O–H groups in total. The van der Waals surface area contributed by atoms with E-state index in [-0.39, 0.29) is 5.78 Å². The molecule has 0 unspecified atom stereocenters. The number of H-pyrrole nitrogens is 1. The second-order valence-electron chi connectivity index (χ2n) is 5.51. The first-order valence-corrected chi connectivity index (χ1v) is 7.84. The number of hydrogen-bond donors (Lipinski definition) is 3. The molecule has 0 aliphatic heterocycles. The van der Waals surface area contributed by atoms with Gasteiger partial charge in [-0.1, -0.05) is 31.9 Å². The lowest BCUT2D eigenvalue weighted by atomic mass is 10.0. The molecule has 0 radical (unpaired) electrons. The Kier molecular flexibility index (Phi) is 5.89. The molecule has 1 aromatic heterocycles. The molecule has 6 nitrogen and oxygen atoms in total. The van der Waals surface area contributed by atoms with E-state index >= 15 is 0 Å². The summed E-state index contributed by atoms with van der Waals surface area (Å²) in [6.07, 6.45) is 5.24. The van der Waals surface area contributed by atoms with Crippen molar-refractivity contribution >= 4 is 17.7 Å². The first kappa shape index (κ1) is 17.5. The molecule has 0 spiro atoms. The topological polar surface area (TPSA) is 99.3 Å². The number of amides is 1. The molecule has 6 heteroatoms. The van der Waals surface area contributed by atoms with Gasteiger partial charge in [0.25, 0.3) is 5.91 Å². The Hall–Kier alpha value is -2.89. The average Bonchev–Trinajstić information content (AvgIpc) is 3.12. The van der Waals surface area contributed by atoms with Crippen LogP contribution in [0.3, 0.4) is 0 Å². The number of carboxylic acids is 1. The van der Waals surface area contributed by atoms with Crippen LogP contribution in [0.15, 0.2) is 42.7 Å². The molecule has 1 aromatic carbocycles. The molecule has 1 heterocycles. The summed E-state index contributed by atoms with van der Waals surface area (Å²) < 4.78 is 0. The third kappa shape index (κ3) is 4.32. The van der Waals surface area contributed by atoms with Crippen LogP contribution in [-0.4, -0.2) is 33.8 Å². The van der Waals surface area contributed by atoms with Crippen LogP contribution in [-0.2, 0) is 4.79 Å². The fourth-order valence-corrected chi connectivity index (χ4v) is 2.31. The van der Waals surface area contributed by atoms with Crippen LogP contribution in [0.2, 0.25) is 0 Å². The van der Waals surface area contributed by atoms with Gasteiger partial charge in [0.1, 0.15) is 6.04 Å². The third-order valence-electron chi connectivity index (χ3n) is 3.72. The molecule has 1 amide bonds. The number of ketones is 1. The van der Waals surface area contributed by atoms with Gasteiger partial charge in [-0.3, -0.25) is 9.59 Å². The molecule has 126 valence electrons. The number of benzene rings is 1. The first-order valence-electron chi connectivity index (χ1n) is 7.84. The van der Waals surface area contributed by atoms with E-state index in [9.17, 15) is 14.4 Å². The number of unbranched alkanes of at least 4 members (excludes halogenated alkanes) is 1. The maximum atomic E-state index is 12.2. The van der Waals surface area contributed by atoms with Gasteiger partial charge in [0.15, 0.2) is 5.78 Å². The number of aliphatic carboxylic acids is 1. The summed E-state index contributed by atoms with van der Waals surface area (Å²) in [7, 11) is 0. The average molecular weight is 328 g/mol. The van der Waals surface area contributed by atoms with Gasteiger partial charge in [0, 0.05) is 29.1 Å². The number of nitrogens with one attached hydrogen (secondary N) is 2. The van der Waals surface area contributed by atoms with Crippen molar-refractivity contribution in [3.05, 3.63) is 59.4 Å². The van der Waals surface area contributed by atoms with E-state index < -0.39 is 17.9 Å². The Morgan fingerprint density at radius 3 is 2.29 bits per heavy atom. The molecule has 0 aliphatic rings. The fraction of sp³-hybridized carbons (Fsp3) is 0.278. The van der Waals surface area contributed by atoms with E-state index in [1.807, 2.05) is 6.92 Å². The molecule has 0 bridgehead atoms. The van der Waals surface area contributed by atoms with Crippen molar-refractivity contribution in [1.82, 2.24) is 10.3 Å². The predicted molar refractivity (Wildman–Crippen MR) is 89.1 cm³/mol. The number of carboxylic acid groups (broad SMARTS) is 1. The summed E-state index contributed by atoms with van der Waals surface area (Å²) in [6.45, 7) is 1.96. The van der Waals surface area contributed by atoms with Crippen molar-refractivity contribution in [2.75, 3.05) is 0 Å². The minimum absolute atomic E-state index is 0.144. The second kappa shape index (κ2) is 8.10. The Labute approximate surface area is 139 Å². The molecule has 0 fully saturated rings. The van der Waals surface area contributed by atoms with Crippen molar-refractivity contribution in [2.45, 2.75) is 32.2 Å². The molecule has 24 heavy (non-hydrogen) atoms. The van der Waals surface area contributed by atoms with Crippen LogP contribution in [0.1, 0.15) is 52.5 Å². The minimum Gasteiger partial charge on any atom is -0.480 e. The van der Waals surface area contributed by atoms with E-state index in [0.717, 1.165) is 12.8 Å². The van der Waals surface area contributed by atoms with Crippen LogP contribution in [0, 0.1) is 0 Å². The lowest BCUT2D eigenvalue weighted by molar-refractivity contribution is -0.139. The predicted octanol–water partition coefficient (Wildman–Crippen LogP) is 2.62. The van der Waals surface area contributed by atoms with Crippen molar-refractivity contribution in [2.24, 2.45) is 0 Å². The summed E-state index contributed by atoms with van der Waals surface area (Å²) in [4.78, 5) is 38.3. The highest BCUT2D eigenvalue weighted by Gasteiger charge is 2.20. The molecule has 1 atom stereocenters. The highest BCUT2D eigenvalue weighted by atomic mass is 16.4. The smallest absolute Gasteiger partial charge is 0.326 e. The SMILES string of the molecule is CCCC[C@H](NC(=O)c1ccc(C(=O)c2cc[nH]c2)cc1)C(=O)O. The maximum Gasteiger partial charge on any atom is 0.326 e. The quantitative estimate of drug-likeness (QED) is 0.649. The Morgan fingerprint density at radius 1 is 1.08 bits per heavy atom. The lowest BCUT2D eigenvalue weighted by Crippen LogP contribution is -2.40. The highest BCUT2D eigenvalue weighted by Crippen LogP contribution is 2.11. The number of aromatic nitrogens is 1. The highest BCUT2D eigenvalue weighted by molar-refractivity contribution is 6.09. The summed E-state index contributed by atoms with van der Waals surface area (Å²) in [5, 5.41) is 11.7. The zero-order chi connectivity index (χ0) is 17.5. The summed E-state index contributed by atoms with van der Waals surface area (Å²) >= 11 is 0. The van der Waals surface area contributed by atoms with Crippen molar-refractivity contribution < 1.29 is 19.5 Å². The normalized spacial score (nSPS) is 11.7. The standard InChI is InChI=1S/C18H20N2O4/c1-2-3-4-15(18(23)24)20-17(22)13-7-5-12(6-8-13)16(21)14-9-10-19-11-14/h5-11,15,19H,2-4H2,1H3,(H,20,22)(H,23,24)/t15-/m0/s1. The number of rotatable bonds is 8. The van der Waals surface area contributed by atoms with Crippen LogP contribution in [0.4, 0.5) is 0 Å². The van der Waals surface area contributed by atoms with Gasteiger partial charge in [-0.05, 0) is 24.6 Å². The van der Waals surface area contributed by atoms with E-state index in [4.69, 9.17) is 5.11 Å². The van der Waals surface area contributed by atoms with Gasteiger partial charge >= 0.3 is 5.97 Å². The molecule has 0 saturated carbocycles. The first-order chi connectivity index (χ1) is 11.5. The van der Waals surface area contributed by atoms with Crippen LogP contribution in [0.5, 0.6) is 0 Å². The number of carbonyl (C=O) groups excluding carboxylic acids is 2. The second-order valence-corrected chi connectivity index (χ2v) is 5.51. The Bertz CT molecular complexity index is 705. The Balaban J connectivity index is 2.05. The molecule has 0 saturated heterocycles. The third-order valence-corrected chi connectivity index (χ3v) is 3.72. The van der Waals surface area contributed by atoms with Gasteiger partial charge in [-0.2, -0.15) is 0 Å². The van der Waals surface area contributed by atoms with Gasteiger partial charge < -0.3 is 15.4 Å². The van der Waals surface area contributed by atoms with Crippen LogP contribution < -0.4 is 5.32 Å². The largest absolute Gasteiger partial charge is 0.480 e. The zero-order valence-electron chi connectivity index (χ0n) is 13.4. The molecule has 2 rings (SSSR count). The van der Waals surface area contributed by atoms with E-state index in [2.05, 4.69) is 10.3 Å². The van der Waals surface area contributed by atoms with Crippen molar-refractivity contribution in [1.29, 1.82) is 0 Å². The van der Waals surface area contributed by atoms with Gasteiger partial charge in [-0.25, -0.2) is 4.79 Å². The van der Waals surface area contributed by atoms with Crippen molar-refractivity contribution in [3.63, 3.8) is 0 Å². The van der Waals surface area contributed by atoms with Crippen molar-refractivity contribution in [3.8, 4) is 0 Å². The fourth-order valence-electron chi connectivity index (χ4n) is 2.31. The summed E-state index contributed by atoms with van der Waals surface area (Å²) in [5.74, 6) is -1.65. The maximum absolute atomic E-state index is 12.2. The lowest BCUT2D eigenvalue weighted by Gasteiger charge is -2.14. The minimum atomic E-state index is -1.05. The molecule has 0 aliphatic carbocycles. The summed E-state index contributed by atoms with van der Waals surface area (Å²) in [6, 6.07) is 6.94. The van der Waals surface area contributed by atoms with Crippen LogP contribution >= 0.6 is 0 Å². The number of hydrogen-bond acceptors (Lipinski definition) is 3. The molecular weight excluding hydrogens is 308 g/mol. The monoisotopic (exact) mass is 328 g/mol. The van der Waals surface area contributed by atoms with Gasteiger partial charge in [0.05, 0.1) is 0 Å². The van der Waals surface area contributed by atoms with E-state index in [0.29, 0.717) is 23.1 Å². The van der Waals surface area contributed by atoms with E-state index in [1.165, 1.54) is 12.1 Å². The molecular formula is C18H20N2O4.